The van der Waals surface area contributed by atoms with E-state index in [2.05, 4.69) is 10.5 Å². The molecule has 1 aromatic rings. The molecular formula is C19H28N4O5. The molecule has 1 unspecified atom stereocenters. The number of amidine groups is 1. The highest BCUT2D eigenvalue weighted by atomic mass is 16.8. The van der Waals surface area contributed by atoms with Crippen molar-refractivity contribution >= 4 is 17.6 Å². The van der Waals surface area contributed by atoms with E-state index in [1.54, 1.807) is 36.2 Å². The van der Waals surface area contributed by atoms with Crippen LogP contribution in [0.25, 0.3) is 0 Å². The first-order valence-electron chi connectivity index (χ1n) is 9.27. The Morgan fingerprint density at radius 3 is 2.46 bits per heavy atom. The van der Waals surface area contributed by atoms with Crippen LogP contribution in [0, 0.1) is 5.41 Å². The molecule has 1 N–H and O–H groups in total. The van der Waals surface area contributed by atoms with E-state index in [-0.39, 0.29) is 5.41 Å². The van der Waals surface area contributed by atoms with Gasteiger partial charge in [0.1, 0.15) is 0 Å². The number of benzene rings is 1. The van der Waals surface area contributed by atoms with Gasteiger partial charge in [-0.2, -0.15) is 0 Å². The number of hydrogen-bond acceptors (Lipinski definition) is 8. The summed E-state index contributed by atoms with van der Waals surface area (Å²) in [6.07, 6.45) is -1.42. The van der Waals surface area contributed by atoms with Gasteiger partial charge in [0, 0.05) is 37.7 Å². The molecular weight excluding hydrogens is 364 g/mol. The highest BCUT2D eigenvalue weighted by Gasteiger charge is 2.41. The van der Waals surface area contributed by atoms with Gasteiger partial charge >= 0.3 is 12.5 Å². The quantitative estimate of drug-likeness (QED) is 0.841. The number of carbonyl (C=O) groups excluding carboxylic acids is 1. The molecule has 0 bridgehead atoms. The van der Waals surface area contributed by atoms with Crippen LogP contribution in [0.15, 0.2) is 23.4 Å². The molecule has 2 heterocycles. The second kappa shape index (κ2) is 8.14. The molecule has 1 saturated heterocycles. The van der Waals surface area contributed by atoms with E-state index in [1.807, 2.05) is 26.8 Å². The molecule has 1 atom stereocenters. The largest absolute Gasteiger partial charge is 0.493 e. The number of rotatable bonds is 4. The molecule has 0 saturated carbocycles. The molecule has 154 valence electrons. The second-order valence-electron chi connectivity index (χ2n) is 7.61. The van der Waals surface area contributed by atoms with Crippen molar-refractivity contribution in [3.8, 4) is 11.5 Å². The monoisotopic (exact) mass is 392 g/mol. The second-order valence-corrected chi connectivity index (χ2v) is 7.61. The first-order valence-corrected chi connectivity index (χ1v) is 9.27. The molecule has 28 heavy (non-hydrogen) atoms. The minimum atomic E-state index is -0.991. The van der Waals surface area contributed by atoms with E-state index >= 15 is 0 Å². The van der Waals surface area contributed by atoms with Crippen molar-refractivity contribution in [1.82, 2.24) is 10.2 Å². The Bertz CT molecular complexity index is 740. The summed E-state index contributed by atoms with van der Waals surface area (Å²) in [5, 5.41) is 7.41. The summed E-state index contributed by atoms with van der Waals surface area (Å²) in [5.74, 6) is 1.82. The smallest absolute Gasteiger partial charge is 0.414 e. The number of oxime groups is 1. The lowest BCUT2D eigenvalue weighted by Gasteiger charge is -2.32. The van der Waals surface area contributed by atoms with Crippen LogP contribution in [0.4, 0.5) is 10.5 Å². The van der Waals surface area contributed by atoms with E-state index in [4.69, 9.17) is 19.0 Å². The van der Waals surface area contributed by atoms with Crippen LogP contribution in [0.1, 0.15) is 20.8 Å². The number of ether oxygens (including phenoxy) is 3. The summed E-state index contributed by atoms with van der Waals surface area (Å²) in [6.45, 7) is 8.72. The van der Waals surface area contributed by atoms with Gasteiger partial charge in [0.2, 0.25) is 0 Å². The number of amides is 1. The molecule has 1 amide bonds. The zero-order valence-electron chi connectivity index (χ0n) is 17.0. The van der Waals surface area contributed by atoms with Gasteiger partial charge in [0.05, 0.1) is 19.9 Å². The molecule has 1 fully saturated rings. The van der Waals surface area contributed by atoms with Gasteiger partial charge in [-0.1, -0.05) is 25.9 Å². The van der Waals surface area contributed by atoms with Crippen molar-refractivity contribution in [2.75, 3.05) is 45.3 Å². The maximum absolute atomic E-state index is 12.6. The number of methoxy groups -OCH3 is 2. The van der Waals surface area contributed by atoms with Gasteiger partial charge < -0.3 is 29.3 Å². The number of piperazine rings is 1. The van der Waals surface area contributed by atoms with Crippen molar-refractivity contribution in [2.45, 2.75) is 27.2 Å². The number of anilines is 1. The van der Waals surface area contributed by atoms with Gasteiger partial charge in [-0.25, -0.2) is 4.79 Å². The molecule has 3 rings (SSSR count). The highest BCUT2D eigenvalue weighted by molar-refractivity contribution is 6.02. The summed E-state index contributed by atoms with van der Waals surface area (Å²) in [4.78, 5) is 21.5. The average molecular weight is 392 g/mol. The fourth-order valence-corrected chi connectivity index (χ4v) is 3.09. The SMILES string of the molecule is COc1ccc(N2C(C(C)(C)C)=NOC2OC(=O)N2CCNCC2)cc1OC. The van der Waals surface area contributed by atoms with Crippen LogP contribution in [-0.2, 0) is 9.57 Å². The lowest BCUT2D eigenvalue weighted by atomic mass is 9.94. The van der Waals surface area contributed by atoms with Crippen molar-refractivity contribution in [2.24, 2.45) is 10.6 Å². The average Bonchev–Trinajstić information content (AvgIpc) is 3.12. The molecule has 9 heteroatoms. The molecule has 2 aliphatic heterocycles. The molecule has 1 aromatic carbocycles. The van der Waals surface area contributed by atoms with E-state index in [0.717, 1.165) is 18.8 Å². The van der Waals surface area contributed by atoms with Gasteiger partial charge in [-0.05, 0) is 12.1 Å². The minimum Gasteiger partial charge on any atom is -0.493 e. The molecule has 0 spiro atoms. The van der Waals surface area contributed by atoms with Crippen molar-refractivity contribution in [3.05, 3.63) is 18.2 Å². The summed E-state index contributed by atoms with van der Waals surface area (Å²) in [5.41, 5.74) is 0.394. The van der Waals surface area contributed by atoms with Crippen LogP contribution >= 0.6 is 0 Å². The standard InChI is InChI=1S/C19H28N4O5/c1-19(2,3)16-21-28-18(27-17(24)22-10-8-20-9-11-22)23(16)13-6-7-14(25-4)15(12-13)26-5/h6-7,12,18,20H,8-11H2,1-5H3. The summed E-state index contributed by atoms with van der Waals surface area (Å²) >= 11 is 0. The maximum Gasteiger partial charge on any atom is 0.414 e. The normalized spacial score (nSPS) is 19.8. The topological polar surface area (TPSA) is 84.9 Å². The van der Waals surface area contributed by atoms with E-state index in [1.165, 1.54) is 0 Å². The zero-order chi connectivity index (χ0) is 20.3. The van der Waals surface area contributed by atoms with Gasteiger partial charge in [0.25, 0.3) is 0 Å². The summed E-state index contributed by atoms with van der Waals surface area (Å²) < 4.78 is 16.4. The molecule has 2 aliphatic rings. The Kier molecular flexibility index (Phi) is 5.83. The zero-order valence-corrected chi connectivity index (χ0v) is 17.0. The summed E-state index contributed by atoms with van der Waals surface area (Å²) in [6, 6.07) is 5.45. The maximum atomic E-state index is 12.6. The van der Waals surface area contributed by atoms with Crippen LogP contribution in [-0.4, -0.2) is 63.6 Å². The van der Waals surface area contributed by atoms with Crippen molar-refractivity contribution in [3.63, 3.8) is 0 Å². The third kappa shape index (κ3) is 4.09. The molecule has 0 aromatic heterocycles. The molecule has 0 aliphatic carbocycles. The third-order valence-corrected chi connectivity index (χ3v) is 4.56. The van der Waals surface area contributed by atoms with Crippen LogP contribution in [0.5, 0.6) is 11.5 Å². The highest BCUT2D eigenvalue weighted by Crippen LogP contribution is 2.37. The Hall–Kier alpha value is -2.68. The van der Waals surface area contributed by atoms with Crippen LogP contribution in [0.3, 0.4) is 0 Å². The minimum absolute atomic E-state index is 0.330. The Balaban J connectivity index is 1.87. The van der Waals surface area contributed by atoms with E-state index in [9.17, 15) is 4.79 Å². The van der Waals surface area contributed by atoms with Crippen LogP contribution in [0.2, 0.25) is 0 Å². The number of nitrogens with zero attached hydrogens (tertiary/aromatic N) is 3. The van der Waals surface area contributed by atoms with E-state index in [0.29, 0.717) is 30.4 Å². The number of hydrogen-bond donors (Lipinski definition) is 1. The van der Waals surface area contributed by atoms with Crippen molar-refractivity contribution in [1.29, 1.82) is 0 Å². The first kappa shape index (κ1) is 20.1. The fraction of sp³-hybridized carbons (Fsp3) is 0.579. The number of carbonyl (C=O) groups is 1. The number of nitrogens with one attached hydrogen (secondary N) is 1. The Morgan fingerprint density at radius 1 is 1.18 bits per heavy atom. The van der Waals surface area contributed by atoms with Gasteiger partial charge in [-0.3, -0.25) is 4.90 Å². The fourth-order valence-electron chi connectivity index (χ4n) is 3.09. The Morgan fingerprint density at radius 2 is 1.86 bits per heavy atom. The molecule has 9 nitrogen and oxygen atoms in total. The Labute approximate surface area is 165 Å². The first-order chi connectivity index (χ1) is 13.3. The summed E-state index contributed by atoms with van der Waals surface area (Å²) in [7, 11) is 3.15. The lowest BCUT2D eigenvalue weighted by molar-refractivity contribution is -0.0914. The predicted molar refractivity (Wildman–Crippen MR) is 105 cm³/mol. The predicted octanol–water partition coefficient (Wildman–Crippen LogP) is 2.23. The van der Waals surface area contributed by atoms with Crippen LogP contribution < -0.4 is 19.7 Å². The molecule has 0 radical (unpaired) electrons. The third-order valence-electron chi connectivity index (χ3n) is 4.56. The van der Waals surface area contributed by atoms with Gasteiger partial charge in [0.15, 0.2) is 17.3 Å². The lowest BCUT2D eigenvalue weighted by Crippen LogP contribution is -2.50. The van der Waals surface area contributed by atoms with Gasteiger partial charge in [-0.15, -0.1) is 0 Å². The van der Waals surface area contributed by atoms with E-state index < -0.39 is 12.5 Å². The van der Waals surface area contributed by atoms with Crippen molar-refractivity contribution < 1.29 is 23.8 Å².